The number of nitrogens with zero attached hydrogens (tertiary/aromatic N) is 1. The van der Waals surface area contributed by atoms with Gasteiger partial charge in [0.2, 0.25) is 0 Å². The van der Waals surface area contributed by atoms with Crippen molar-refractivity contribution in [2.45, 2.75) is 19.4 Å². The highest BCUT2D eigenvalue weighted by atomic mass is 16.6. The van der Waals surface area contributed by atoms with Crippen LogP contribution in [-0.2, 0) is 0 Å². The van der Waals surface area contributed by atoms with Crippen LogP contribution in [0.25, 0.3) is 0 Å². The van der Waals surface area contributed by atoms with E-state index < -0.39 is 10.5 Å². The van der Waals surface area contributed by atoms with Crippen LogP contribution in [0.1, 0.15) is 13.8 Å². The van der Waals surface area contributed by atoms with E-state index in [1.54, 1.807) is 19.1 Å². The minimum Gasteiger partial charge on any atom is -0.484 e. The Morgan fingerprint density at radius 2 is 2.17 bits per heavy atom. The molecule has 0 saturated heterocycles. The van der Waals surface area contributed by atoms with Crippen molar-refractivity contribution in [3.05, 3.63) is 34.4 Å². The van der Waals surface area contributed by atoms with Crippen molar-refractivity contribution in [3.63, 3.8) is 0 Å². The number of nitro benzene ring substituents is 1. The standard InChI is InChI=1S/C12H18N2O4/c1-3-13-8-12(2,15)9-18-11-7-5-4-6-10(11)14(16)17/h4-7,13,15H,3,8-9H2,1-2H3. The van der Waals surface area contributed by atoms with E-state index in [1.807, 2.05) is 6.92 Å². The topological polar surface area (TPSA) is 84.6 Å². The van der Waals surface area contributed by atoms with Gasteiger partial charge in [-0.3, -0.25) is 10.1 Å². The minimum atomic E-state index is -1.07. The number of rotatable bonds is 7. The molecule has 6 heteroatoms. The molecule has 1 rings (SSSR count). The Hall–Kier alpha value is -1.66. The molecule has 0 radical (unpaired) electrons. The van der Waals surface area contributed by atoms with E-state index in [0.717, 1.165) is 6.54 Å². The first kappa shape index (κ1) is 14.4. The molecule has 6 nitrogen and oxygen atoms in total. The maximum absolute atomic E-state index is 10.8. The molecule has 1 aromatic carbocycles. The second-order valence-electron chi connectivity index (χ2n) is 4.29. The van der Waals surface area contributed by atoms with Gasteiger partial charge in [-0.15, -0.1) is 0 Å². The molecule has 0 aliphatic carbocycles. The van der Waals surface area contributed by atoms with Crippen molar-refractivity contribution < 1.29 is 14.8 Å². The van der Waals surface area contributed by atoms with Gasteiger partial charge in [-0.25, -0.2) is 0 Å². The summed E-state index contributed by atoms with van der Waals surface area (Å²) in [5.41, 5.74) is -1.17. The van der Waals surface area contributed by atoms with Crippen LogP contribution >= 0.6 is 0 Å². The Morgan fingerprint density at radius 3 is 2.78 bits per heavy atom. The van der Waals surface area contributed by atoms with Crippen LogP contribution in [0.3, 0.4) is 0 Å². The molecule has 0 saturated carbocycles. The molecule has 2 N–H and O–H groups in total. The number of ether oxygens (including phenoxy) is 1. The first-order valence-electron chi connectivity index (χ1n) is 5.75. The highest BCUT2D eigenvalue weighted by molar-refractivity contribution is 5.45. The summed E-state index contributed by atoms with van der Waals surface area (Å²) in [5, 5.41) is 23.7. The molecular formula is C12H18N2O4. The SMILES string of the molecule is CCNCC(C)(O)COc1ccccc1[N+](=O)[O-]. The number of benzene rings is 1. The number of para-hydroxylation sites is 2. The van der Waals surface area contributed by atoms with Crippen molar-refractivity contribution in [1.29, 1.82) is 0 Å². The van der Waals surface area contributed by atoms with Crippen molar-refractivity contribution >= 4 is 5.69 Å². The Balaban J connectivity index is 2.65. The van der Waals surface area contributed by atoms with Crippen LogP contribution in [0.4, 0.5) is 5.69 Å². The molecular weight excluding hydrogens is 236 g/mol. The molecule has 18 heavy (non-hydrogen) atoms. The van der Waals surface area contributed by atoms with E-state index in [4.69, 9.17) is 4.74 Å². The first-order valence-corrected chi connectivity index (χ1v) is 5.75. The minimum absolute atomic E-state index is 0.00907. The Bertz CT molecular complexity index is 407. The van der Waals surface area contributed by atoms with Crippen molar-refractivity contribution in [3.8, 4) is 5.75 Å². The lowest BCUT2D eigenvalue weighted by molar-refractivity contribution is -0.386. The molecule has 100 valence electrons. The van der Waals surface area contributed by atoms with Gasteiger partial charge in [-0.05, 0) is 19.5 Å². The lowest BCUT2D eigenvalue weighted by Crippen LogP contribution is -2.42. The number of aliphatic hydroxyl groups is 1. The number of nitro groups is 1. The average Bonchev–Trinajstić information content (AvgIpc) is 2.34. The zero-order valence-corrected chi connectivity index (χ0v) is 10.5. The van der Waals surface area contributed by atoms with Crippen LogP contribution in [0, 0.1) is 10.1 Å². The third-order valence-electron chi connectivity index (χ3n) is 2.36. The summed E-state index contributed by atoms with van der Waals surface area (Å²) in [6, 6.07) is 6.11. The van der Waals surface area contributed by atoms with Crippen molar-refractivity contribution in [1.82, 2.24) is 5.32 Å². The zero-order chi connectivity index (χ0) is 13.6. The summed E-state index contributed by atoms with van der Waals surface area (Å²) in [4.78, 5) is 10.3. The quantitative estimate of drug-likeness (QED) is 0.566. The molecule has 0 aliphatic heterocycles. The number of nitrogens with one attached hydrogen (secondary N) is 1. The van der Waals surface area contributed by atoms with Crippen LogP contribution in [0.2, 0.25) is 0 Å². The number of likely N-dealkylation sites (N-methyl/N-ethyl adjacent to an activating group) is 1. The second kappa shape index (κ2) is 6.32. The van der Waals surface area contributed by atoms with Crippen LogP contribution < -0.4 is 10.1 Å². The Morgan fingerprint density at radius 1 is 1.50 bits per heavy atom. The van der Waals surface area contributed by atoms with E-state index in [-0.39, 0.29) is 18.0 Å². The average molecular weight is 254 g/mol. The van der Waals surface area contributed by atoms with Gasteiger partial charge in [0.05, 0.1) is 4.92 Å². The molecule has 0 aliphatic rings. The molecule has 0 fully saturated rings. The maximum atomic E-state index is 10.8. The van der Waals surface area contributed by atoms with Gasteiger partial charge in [0, 0.05) is 12.6 Å². The monoisotopic (exact) mass is 254 g/mol. The lowest BCUT2D eigenvalue weighted by atomic mass is 10.1. The molecule has 1 atom stereocenters. The Kier molecular flexibility index (Phi) is 5.06. The third-order valence-corrected chi connectivity index (χ3v) is 2.36. The molecule has 0 aromatic heterocycles. The molecule has 1 unspecified atom stereocenters. The third kappa shape index (κ3) is 4.31. The van der Waals surface area contributed by atoms with E-state index in [0.29, 0.717) is 6.54 Å². The number of hydrogen-bond acceptors (Lipinski definition) is 5. The summed E-state index contributed by atoms with van der Waals surface area (Å²) in [5.74, 6) is 0.166. The highest BCUT2D eigenvalue weighted by Crippen LogP contribution is 2.26. The van der Waals surface area contributed by atoms with Crippen LogP contribution in [0.15, 0.2) is 24.3 Å². The molecule has 0 bridgehead atoms. The maximum Gasteiger partial charge on any atom is 0.310 e. The fourth-order valence-electron chi connectivity index (χ4n) is 1.41. The van der Waals surface area contributed by atoms with Gasteiger partial charge in [0.1, 0.15) is 12.2 Å². The van der Waals surface area contributed by atoms with Gasteiger partial charge >= 0.3 is 5.69 Å². The smallest absolute Gasteiger partial charge is 0.310 e. The molecule has 1 aromatic rings. The van der Waals surface area contributed by atoms with Gasteiger partial charge in [-0.2, -0.15) is 0 Å². The zero-order valence-electron chi connectivity index (χ0n) is 10.5. The second-order valence-corrected chi connectivity index (χ2v) is 4.29. The largest absolute Gasteiger partial charge is 0.484 e. The molecule has 0 amide bonds. The van der Waals surface area contributed by atoms with Crippen molar-refractivity contribution in [2.75, 3.05) is 19.7 Å². The first-order chi connectivity index (χ1) is 8.46. The van der Waals surface area contributed by atoms with Crippen LogP contribution in [0.5, 0.6) is 5.75 Å². The number of hydrogen-bond donors (Lipinski definition) is 2. The van der Waals surface area contributed by atoms with Gasteiger partial charge in [0.25, 0.3) is 0 Å². The summed E-state index contributed by atoms with van der Waals surface area (Å²) in [6.07, 6.45) is 0. The summed E-state index contributed by atoms with van der Waals surface area (Å²) >= 11 is 0. The van der Waals surface area contributed by atoms with Crippen molar-refractivity contribution in [2.24, 2.45) is 0 Å². The van der Waals surface area contributed by atoms with Crippen LogP contribution in [-0.4, -0.2) is 35.3 Å². The van der Waals surface area contributed by atoms with E-state index in [1.165, 1.54) is 12.1 Å². The predicted octanol–water partition coefficient (Wildman–Crippen LogP) is 1.33. The van der Waals surface area contributed by atoms with E-state index >= 15 is 0 Å². The van der Waals surface area contributed by atoms with Gasteiger partial charge in [0.15, 0.2) is 5.75 Å². The summed E-state index contributed by atoms with van der Waals surface area (Å²) in [6.45, 7) is 4.64. The summed E-state index contributed by atoms with van der Waals surface area (Å²) < 4.78 is 5.33. The van der Waals surface area contributed by atoms with Gasteiger partial charge < -0.3 is 15.2 Å². The lowest BCUT2D eigenvalue weighted by Gasteiger charge is -2.23. The van der Waals surface area contributed by atoms with E-state index in [9.17, 15) is 15.2 Å². The predicted molar refractivity (Wildman–Crippen MR) is 67.8 cm³/mol. The summed E-state index contributed by atoms with van der Waals surface area (Å²) in [7, 11) is 0. The molecule has 0 spiro atoms. The normalized spacial score (nSPS) is 13.9. The molecule has 0 heterocycles. The van der Waals surface area contributed by atoms with E-state index in [2.05, 4.69) is 5.32 Å². The van der Waals surface area contributed by atoms with Gasteiger partial charge in [-0.1, -0.05) is 19.1 Å². The fraction of sp³-hybridized carbons (Fsp3) is 0.500. The highest BCUT2D eigenvalue weighted by Gasteiger charge is 2.23. The fourth-order valence-corrected chi connectivity index (χ4v) is 1.41. The Labute approximate surface area is 106 Å².